The number of furan rings is 1. The van der Waals surface area contributed by atoms with E-state index in [1.807, 2.05) is 18.2 Å². The van der Waals surface area contributed by atoms with E-state index in [0.29, 0.717) is 0 Å². The number of hydrogen-bond donors (Lipinski definition) is 1. The predicted molar refractivity (Wildman–Crippen MR) is 87.8 cm³/mol. The van der Waals surface area contributed by atoms with Crippen LogP contribution in [0.2, 0.25) is 0 Å². The standard InChI is InChI=1S/C17H16N4O2/c22-9-3-14(21-7-5-18-6-8-21)16-15-13(19-11-20-16)2-1-12-4-10-23-17(12)15/h1-4,9-11,18H,5-8H2. The first-order valence-corrected chi connectivity index (χ1v) is 7.61. The van der Waals surface area contributed by atoms with Crippen LogP contribution >= 0.6 is 0 Å². The zero-order valence-electron chi connectivity index (χ0n) is 12.5. The number of fused-ring (bicyclic) bond motifs is 3. The molecule has 23 heavy (non-hydrogen) atoms. The molecular formula is C17H16N4O2. The average Bonchev–Trinajstić information content (AvgIpc) is 3.09. The van der Waals surface area contributed by atoms with Crippen molar-refractivity contribution in [3.63, 3.8) is 0 Å². The molecule has 6 nitrogen and oxygen atoms in total. The number of rotatable bonds is 3. The SMILES string of the molecule is O=CC=C(c1ncnc2ccc3ccoc3c12)N1CCNCC1. The van der Waals surface area contributed by atoms with E-state index in [9.17, 15) is 4.79 Å². The Morgan fingerprint density at radius 1 is 1.22 bits per heavy atom. The van der Waals surface area contributed by atoms with Gasteiger partial charge in [-0.05, 0) is 18.2 Å². The second-order valence-electron chi connectivity index (χ2n) is 5.45. The summed E-state index contributed by atoms with van der Waals surface area (Å²) in [4.78, 5) is 22.2. The normalized spacial score (nSPS) is 16.2. The van der Waals surface area contributed by atoms with Gasteiger partial charge in [0.05, 0.1) is 22.9 Å². The van der Waals surface area contributed by atoms with E-state index in [1.165, 1.54) is 6.33 Å². The van der Waals surface area contributed by atoms with E-state index in [4.69, 9.17) is 4.42 Å². The van der Waals surface area contributed by atoms with Crippen LogP contribution in [0.3, 0.4) is 0 Å². The van der Waals surface area contributed by atoms with Gasteiger partial charge in [-0.3, -0.25) is 4.79 Å². The summed E-state index contributed by atoms with van der Waals surface area (Å²) in [5.41, 5.74) is 3.12. The largest absolute Gasteiger partial charge is 0.464 e. The number of nitrogens with zero attached hydrogens (tertiary/aromatic N) is 3. The first kappa shape index (κ1) is 13.9. The van der Waals surface area contributed by atoms with Gasteiger partial charge in [0.2, 0.25) is 0 Å². The van der Waals surface area contributed by atoms with Gasteiger partial charge >= 0.3 is 0 Å². The van der Waals surface area contributed by atoms with Gasteiger partial charge in [0.25, 0.3) is 0 Å². The van der Waals surface area contributed by atoms with Crippen molar-refractivity contribution < 1.29 is 9.21 Å². The van der Waals surface area contributed by atoms with Gasteiger partial charge in [-0.15, -0.1) is 0 Å². The Labute approximate surface area is 132 Å². The van der Waals surface area contributed by atoms with Crippen LogP contribution in [0, 0.1) is 0 Å². The Morgan fingerprint density at radius 2 is 2.09 bits per heavy atom. The van der Waals surface area contributed by atoms with Gasteiger partial charge in [0, 0.05) is 37.6 Å². The third-order valence-corrected chi connectivity index (χ3v) is 4.15. The van der Waals surface area contributed by atoms with E-state index < -0.39 is 0 Å². The number of benzene rings is 1. The summed E-state index contributed by atoms with van der Waals surface area (Å²) in [7, 11) is 0. The Balaban J connectivity index is 1.96. The van der Waals surface area contributed by atoms with Crippen LogP contribution in [-0.2, 0) is 4.79 Å². The fraction of sp³-hybridized carbons (Fsp3) is 0.235. The summed E-state index contributed by atoms with van der Waals surface area (Å²) in [6.07, 6.45) is 5.59. The van der Waals surface area contributed by atoms with E-state index in [1.54, 1.807) is 12.3 Å². The monoisotopic (exact) mass is 308 g/mol. The van der Waals surface area contributed by atoms with Crippen molar-refractivity contribution in [1.82, 2.24) is 20.2 Å². The van der Waals surface area contributed by atoms with Crippen molar-refractivity contribution in [2.45, 2.75) is 0 Å². The number of allylic oxidation sites excluding steroid dienone is 1. The summed E-state index contributed by atoms with van der Waals surface area (Å²) in [5.74, 6) is 0. The lowest BCUT2D eigenvalue weighted by atomic mass is 10.1. The average molecular weight is 308 g/mol. The minimum absolute atomic E-state index is 0.740. The molecule has 1 saturated heterocycles. The molecule has 0 amide bonds. The van der Waals surface area contributed by atoms with Gasteiger partial charge in [-0.2, -0.15) is 0 Å². The van der Waals surface area contributed by atoms with Crippen molar-refractivity contribution in [3.05, 3.63) is 42.6 Å². The fourth-order valence-electron chi connectivity index (χ4n) is 3.07. The topological polar surface area (TPSA) is 71.3 Å². The summed E-state index contributed by atoms with van der Waals surface area (Å²) in [6.45, 7) is 3.43. The van der Waals surface area contributed by atoms with Crippen molar-refractivity contribution >= 4 is 33.9 Å². The number of piperazine rings is 1. The third kappa shape index (κ3) is 2.37. The molecule has 0 radical (unpaired) electrons. The van der Waals surface area contributed by atoms with Gasteiger partial charge in [0.15, 0.2) is 0 Å². The van der Waals surface area contributed by atoms with Crippen LogP contribution in [0.1, 0.15) is 5.69 Å². The van der Waals surface area contributed by atoms with Gasteiger partial charge in [0.1, 0.15) is 23.9 Å². The molecule has 3 heterocycles. The molecule has 0 saturated carbocycles. The molecule has 1 aliphatic rings. The highest BCUT2D eigenvalue weighted by molar-refractivity contribution is 6.07. The molecule has 0 spiro atoms. The molecule has 1 aliphatic heterocycles. The lowest BCUT2D eigenvalue weighted by Gasteiger charge is -2.31. The molecule has 6 heteroatoms. The molecule has 0 atom stereocenters. The second-order valence-corrected chi connectivity index (χ2v) is 5.45. The Bertz CT molecular complexity index is 894. The summed E-state index contributed by atoms with van der Waals surface area (Å²) < 4.78 is 5.66. The molecule has 1 fully saturated rings. The predicted octanol–water partition coefficient (Wildman–Crippen LogP) is 1.82. The molecule has 2 aromatic heterocycles. The zero-order chi connectivity index (χ0) is 15.6. The molecule has 0 aliphatic carbocycles. The molecule has 1 aromatic carbocycles. The van der Waals surface area contributed by atoms with Crippen molar-refractivity contribution in [3.8, 4) is 0 Å². The van der Waals surface area contributed by atoms with Crippen LogP contribution in [0.25, 0.3) is 27.6 Å². The van der Waals surface area contributed by atoms with Crippen molar-refractivity contribution in [2.75, 3.05) is 26.2 Å². The maximum absolute atomic E-state index is 11.2. The molecule has 116 valence electrons. The van der Waals surface area contributed by atoms with Gasteiger partial charge in [-0.1, -0.05) is 0 Å². The highest BCUT2D eigenvalue weighted by Crippen LogP contribution is 2.31. The summed E-state index contributed by atoms with van der Waals surface area (Å²) in [6, 6.07) is 5.85. The van der Waals surface area contributed by atoms with Crippen molar-refractivity contribution in [1.29, 1.82) is 0 Å². The quantitative estimate of drug-likeness (QED) is 0.588. The van der Waals surface area contributed by atoms with Crippen LogP contribution in [0.15, 0.2) is 41.3 Å². The number of hydrogen-bond acceptors (Lipinski definition) is 6. The van der Waals surface area contributed by atoms with Crippen LogP contribution in [0.4, 0.5) is 0 Å². The molecule has 0 unspecified atom stereocenters. The van der Waals surface area contributed by atoms with E-state index >= 15 is 0 Å². The first-order chi connectivity index (χ1) is 11.4. The minimum atomic E-state index is 0.740. The molecule has 1 N–H and O–H groups in total. The molecule has 3 aromatic rings. The summed E-state index contributed by atoms with van der Waals surface area (Å²) in [5, 5.41) is 5.17. The van der Waals surface area contributed by atoms with Gasteiger partial charge < -0.3 is 14.6 Å². The van der Waals surface area contributed by atoms with Crippen LogP contribution in [0.5, 0.6) is 0 Å². The number of carbonyl (C=O) groups is 1. The maximum Gasteiger partial charge on any atom is 0.145 e. The maximum atomic E-state index is 11.2. The molecule has 0 bridgehead atoms. The zero-order valence-corrected chi connectivity index (χ0v) is 12.5. The Hall–Kier alpha value is -2.73. The highest BCUT2D eigenvalue weighted by Gasteiger charge is 2.20. The van der Waals surface area contributed by atoms with E-state index in [0.717, 1.165) is 65.7 Å². The fourth-order valence-corrected chi connectivity index (χ4v) is 3.07. The van der Waals surface area contributed by atoms with Crippen LogP contribution < -0.4 is 5.32 Å². The number of carbonyl (C=O) groups excluding carboxylic acids is 1. The van der Waals surface area contributed by atoms with E-state index in [2.05, 4.69) is 20.2 Å². The number of aldehydes is 1. The first-order valence-electron chi connectivity index (χ1n) is 7.61. The second kappa shape index (κ2) is 5.81. The Kier molecular flexibility index (Phi) is 3.51. The lowest BCUT2D eigenvalue weighted by molar-refractivity contribution is -0.104. The highest BCUT2D eigenvalue weighted by atomic mass is 16.3. The summed E-state index contributed by atoms with van der Waals surface area (Å²) >= 11 is 0. The smallest absolute Gasteiger partial charge is 0.145 e. The third-order valence-electron chi connectivity index (χ3n) is 4.15. The van der Waals surface area contributed by atoms with E-state index in [-0.39, 0.29) is 0 Å². The minimum Gasteiger partial charge on any atom is -0.464 e. The molecule has 4 rings (SSSR count). The lowest BCUT2D eigenvalue weighted by Crippen LogP contribution is -2.42. The number of aromatic nitrogens is 2. The van der Waals surface area contributed by atoms with Crippen molar-refractivity contribution in [2.24, 2.45) is 0 Å². The number of nitrogens with one attached hydrogen (secondary N) is 1. The molecular weight excluding hydrogens is 292 g/mol. The Morgan fingerprint density at radius 3 is 2.91 bits per heavy atom. The van der Waals surface area contributed by atoms with Gasteiger partial charge in [-0.25, -0.2) is 9.97 Å². The van der Waals surface area contributed by atoms with Crippen LogP contribution in [-0.4, -0.2) is 47.3 Å².